The Bertz CT molecular complexity index is 1130. The minimum atomic E-state index is -4.36. The van der Waals surface area contributed by atoms with Gasteiger partial charge in [-0.3, -0.25) is 4.79 Å². The standard InChI is InChI=1S/C31H36F3NO3/c1-3-4-5-6-7-29(25-8-10-26(11-9-25)30(37)35-21-20-22(2)36)38-28-18-14-24(15-19-28)23-12-16-27(17-13-23)31(32,33)34/h8-19,22,29,36H,3-7,20-21H2,1-2H3,(H,35,37). The third kappa shape index (κ3) is 8.91. The third-order valence-electron chi connectivity index (χ3n) is 6.39. The Hall–Kier alpha value is -3.32. The number of alkyl halides is 3. The van der Waals surface area contributed by atoms with Crippen LogP contribution >= 0.6 is 0 Å². The lowest BCUT2D eigenvalue weighted by Crippen LogP contribution is -2.26. The first kappa shape index (κ1) is 29.2. The van der Waals surface area contributed by atoms with Gasteiger partial charge in [-0.25, -0.2) is 0 Å². The topological polar surface area (TPSA) is 58.6 Å². The van der Waals surface area contributed by atoms with Gasteiger partial charge >= 0.3 is 6.18 Å². The number of rotatable bonds is 13. The first-order chi connectivity index (χ1) is 18.2. The van der Waals surface area contributed by atoms with Crippen LogP contribution in [0.15, 0.2) is 72.8 Å². The van der Waals surface area contributed by atoms with Crippen molar-refractivity contribution in [1.29, 1.82) is 0 Å². The number of carbonyl (C=O) groups is 1. The molecule has 0 saturated carbocycles. The molecule has 0 spiro atoms. The fourth-order valence-corrected chi connectivity index (χ4v) is 4.14. The Kier molecular flexibility index (Phi) is 10.8. The van der Waals surface area contributed by atoms with Crippen molar-refractivity contribution in [2.75, 3.05) is 6.54 Å². The molecule has 4 nitrogen and oxygen atoms in total. The zero-order valence-corrected chi connectivity index (χ0v) is 21.9. The second-order valence-electron chi connectivity index (χ2n) is 9.57. The molecule has 0 aromatic heterocycles. The molecule has 2 atom stereocenters. The quantitative estimate of drug-likeness (QED) is 0.222. The molecule has 0 aliphatic rings. The van der Waals surface area contributed by atoms with E-state index >= 15 is 0 Å². The normalized spacial score (nSPS) is 13.1. The maximum absolute atomic E-state index is 12.9. The largest absolute Gasteiger partial charge is 0.486 e. The number of amides is 1. The first-order valence-corrected chi connectivity index (χ1v) is 13.2. The van der Waals surface area contributed by atoms with Crippen molar-refractivity contribution in [1.82, 2.24) is 5.32 Å². The van der Waals surface area contributed by atoms with Gasteiger partial charge in [0.25, 0.3) is 5.91 Å². The number of carbonyl (C=O) groups excluding carboxylic acids is 1. The number of aliphatic hydroxyl groups is 1. The molecule has 3 rings (SSSR count). The van der Waals surface area contributed by atoms with Gasteiger partial charge in [-0.1, -0.05) is 62.6 Å². The van der Waals surface area contributed by atoms with Crippen molar-refractivity contribution in [2.45, 2.75) is 70.8 Å². The molecule has 0 fully saturated rings. The molecule has 38 heavy (non-hydrogen) atoms. The summed E-state index contributed by atoms with van der Waals surface area (Å²) in [6.07, 6.45) is 0.689. The first-order valence-electron chi connectivity index (χ1n) is 13.2. The number of aliphatic hydroxyl groups excluding tert-OH is 1. The molecule has 0 bridgehead atoms. The molecule has 2 unspecified atom stereocenters. The van der Waals surface area contributed by atoms with Crippen molar-refractivity contribution in [3.8, 4) is 16.9 Å². The van der Waals surface area contributed by atoms with E-state index in [4.69, 9.17) is 4.74 Å². The van der Waals surface area contributed by atoms with E-state index in [1.807, 2.05) is 36.4 Å². The lowest BCUT2D eigenvalue weighted by atomic mass is 10.0. The zero-order chi connectivity index (χ0) is 27.5. The molecular formula is C31H36F3NO3. The minimum absolute atomic E-state index is 0.184. The van der Waals surface area contributed by atoms with E-state index in [1.54, 1.807) is 19.1 Å². The second-order valence-corrected chi connectivity index (χ2v) is 9.57. The van der Waals surface area contributed by atoms with Crippen molar-refractivity contribution in [2.24, 2.45) is 0 Å². The lowest BCUT2D eigenvalue weighted by Gasteiger charge is -2.20. The van der Waals surface area contributed by atoms with Crippen LogP contribution in [-0.2, 0) is 6.18 Å². The maximum atomic E-state index is 12.9. The van der Waals surface area contributed by atoms with Crippen LogP contribution in [0.2, 0.25) is 0 Å². The van der Waals surface area contributed by atoms with Gasteiger partial charge in [0.15, 0.2) is 0 Å². The highest BCUT2D eigenvalue weighted by Gasteiger charge is 2.30. The highest BCUT2D eigenvalue weighted by Crippen LogP contribution is 2.32. The summed E-state index contributed by atoms with van der Waals surface area (Å²) in [5.74, 6) is 0.484. The molecule has 7 heteroatoms. The Morgan fingerprint density at radius 3 is 2.03 bits per heavy atom. The molecule has 1 amide bonds. The number of halogens is 3. The SMILES string of the molecule is CCCCCCC(Oc1ccc(-c2ccc(C(F)(F)F)cc2)cc1)c1ccc(C(=O)NCCC(C)O)cc1. The summed E-state index contributed by atoms with van der Waals surface area (Å²) in [5, 5.41) is 12.2. The summed E-state index contributed by atoms with van der Waals surface area (Å²) >= 11 is 0. The number of benzene rings is 3. The van der Waals surface area contributed by atoms with E-state index in [1.165, 1.54) is 12.1 Å². The van der Waals surface area contributed by atoms with Crippen LogP contribution in [-0.4, -0.2) is 23.7 Å². The van der Waals surface area contributed by atoms with Gasteiger partial charge in [0.2, 0.25) is 0 Å². The van der Waals surface area contributed by atoms with Crippen LogP contribution in [0.5, 0.6) is 5.75 Å². The average molecular weight is 528 g/mol. The van der Waals surface area contributed by atoms with Gasteiger partial charge < -0.3 is 15.2 Å². The Morgan fingerprint density at radius 1 is 0.868 bits per heavy atom. The Labute approximate surface area is 222 Å². The molecule has 204 valence electrons. The summed E-state index contributed by atoms with van der Waals surface area (Å²) in [6, 6.07) is 19.8. The molecule has 0 aliphatic carbocycles. The molecule has 2 N–H and O–H groups in total. The van der Waals surface area contributed by atoms with E-state index < -0.39 is 17.8 Å². The highest BCUT2D eigenvalue weighted by molar-refractivity contribution is 5.94. The minimum Gasteiger partial charge on any atom is -0.486 e. The smallest absolute Gasteiger partial charge is 0.416 e. The van der Waals surface area contributed by atoms with E-state index in [-0.39, 0.29) is 12.0 Å². The summed E-state index contributed by atoms with van der Waals surface area (Å²) in [6.45, 7) is 4.25. The maximum Gasteiger partial charge on any atom is 0.416 e. The van der Waals surface area contributed by atoms with Crippen LogP contribution in [0.4, 0.5) is 13.2 Å². The molecule has 0 saturated heterocycles. The number of hydrogen-bond donors (Lipinski definition) is 2. The monoisotopic (exact) mass is 527 g/mol. The average Bonchev–Trinajstić information content (AvgIpc) is 2.90. The van der Waals surface area contributed by atoms with Crippen LogP contribution in [0.1, 0.15) is 80.0 Å². The summed E-state index contributed by atoms with van der Waals surface area (Å²) in [5.41, 5.74) is 2.34. The number of nitrogens with one attached hydrogen (secondary N) is 1. The molecule has 0 radical (unpaired) electrons. The number of unbranched alkanes of at least 4 members (excludes halogenated alkanes) is 3. The van der Waals surface area contributed by atoms with E-state index in [0.717, 1.165) is 55.4 Å². The molecule has 3 aromatic rings. The fourth-order valence-electron chi connectivity index (χ4n) is 4.14. The number of hydrogen-bond acceptors (Lipinski definition) is 3. The van der Waals surface area contributed by atoms with Gasteiger partial charge in [-0.05, 0) is 79.3 Å². The Morgan fingerprint density at radius 2 is 1.47 bits per heavy atom. The predicted molar refractivity (Wildman–Crippen MR) is 144 cm³/mol. The second kappa shape index (κ2) is 14.0. The molecular weight excluding hydrogens is 491 g/mol. The van der Waals surface area contributed by atoms with Crippen molar-refractivity contribution in [3.05, 3.63) is 89.5 Å². The van der Waals surface area contributed by atoms with Gasteiger partial charge in [-0.2, -0.15) is 13.2 Å². The van der Waals surface area contributed by atoms with Crippen molar-refractivity contribution < 1.29 is 27.8 Å². The predicted octanol–water partition coefficient (Wildman–Crippen LogP) is 7.96. The molecule has 0 heterocycles. The van der Waals surface area contributed by atoms with Gasteiger partial charge in [0.1, 0.15) is 11.9 Å². The summed E-state index contributed by atoms with van der Waals surface area (Å²) in [7, 11) is 0. The van der Waals surface area contributed by atoms with Gasteiger partial charge in [0.05, 0.1) is 11.7 Å². The zero-order valence-electron chi connectivity index (χ0n) is 21.9. The third-order valence-corrected chi connectivity index (χ3v) is 6.39. The summed E-state index contributed by atoms with van der Waals surface area (Å²) < 4.78 is 44.9. The number of ether oxygens (including phenoxy) is 1. The molecule has 0 aliphatic heterocycles. The van der Waals surface area contributed by atoms with Crippen LogP contribution < -0.4 is 10.1 Å². The summed E-state index contributed by atoms with van der Waals surface area (Å²) in [4.78, 5) is 12.4. The van der Waals surface area contributed by atoms with Crippen molar-refractivity contribution in [3.63, 3.8) is 0 Å². The van der Waals surface area contributed by atoms with E-state index in [2.05, 4.69) is 12.2 Å². The van der Waals surface area contributed by atoms with Crippen LogP contribution in [0.3, 0.4) is 0 Å². The van der Waals surface area contributed by atoms with Crippen LogP contribution in [0, 0.1) is 0 Å². The highest BCUT2D eigenvalue weighted by atomic mass is 19.4. The van der Waals surface area contributed by atoms with E-state index in [9.17, 15) is 23.1 Å². The lowest BCUT2D eigenvalue weighted by molar-refractivity contribution is -0.137. The fraction of sp³-hybridized carbons (Fsp3) is 0.387. The molecule has 3 aromatic carbocycles. The van der Waals surface area contributed by atoms with Crippen LogP contribution in [0.25, 0.3) is 11.1 Å². The van der Waals surface area contributed by atoms with Gasteiger partial charge in [-0.15, -0.1) is 0 Å². The Balaban J connectivity index is 1.70. The van der Waals surface area contributed by atoms with E-state index in [0.29, 0.717) is 29.8 Å². The van der Waals surface area contributed by atoms with Crippen molar-refractivity contribution >= 4 is 5.91 Å². The van der Waals surface area contributed by atoms with Gasteiger partial charge in [0, 0.05) is 12.1 Å².